The van der Waals surface area contributed by atoms with E-state index < -0.39 is 0 Å². The molecule has 22 heavy (non-hydrogen) atoms. The van der Waals surface area contributed by atoms with Gasteiger partial charge in [0.2, 0.25) is 5.91 Å². The molecule has 2 aromatic rings. The van der Waals surface area contributed by atoms with E-state index in [0.29, 0.717) is 5.75 Å². The van der Waals surface area contributed by atoms with Crippen molar-refractivity contribution in [3.8, 4) is 0 Å². The summed E-state index contributed by atoms with van der Waals surface area (Å²) in [5.74, 6) is 1.48. The number of carbonyl (C=O) groups is 1. The van der Waals surface area contributed by atoms with Crippen LogP contribution in [0.3, 0.4) is 0 Å². The number of hydrogen-bond acceptors (Lipinski definition) is 3. The van der Waals surface area contributed by atoms with E-state index in [9.17, 15) is 4.79 Å². The third-order valence-corrected chi connectivity index (χ3v) is 5.36. The van der Waals surface area contributed by atoms with Crippen LogP contribution in [0, 0.1) is 5.92 Å². The number of aromatic nitrogens is 2. The third kappa shape index (κ3) is 3.14. The lowest BCUT2D eigenvalue weighted by atomic mass is 9.99. The Morgan fingerprint density at radius 3 is 2.77 bits per heavy atom. The molecule has 1 aliphatic rings. The maximum Gasteiger partial charge on any atom is 0.233 e. The first-order valence-corrected chi connectivity index (χ1v) is 9.03. The molecule has 0 N–H and O–H groups in total. The molecule has 5 heteroatoms. The Kier molecular flexibility index (Phi) is 4.71. The largest absolute Gasteiger partial charge is 0.342 e. The Morgan fingerprint density at radius 2 is 2.05 bits per heavy atom. The summed E-state index contributed by atoms with van der Waals surface area (Å²) in [5, 5.41) is 0.947. The lowest BCUT2D eigenvalue weighted by Gasteiger charge is -2.30. The molecule has 0 atom stereocenters. The fraction of sp³-hybridized carbons (Fsp3) is 0.529. The van der Waals surface area contributed by atoms with Crippen molar-refractivity contribution in [2.45, 2.75) is 38.4 Å². The fourth-order valence-electron chi connectivity index (χ4n) is 2.94. The van der Waals surface area contributed by atoms with Crippen LogP contribution in [0.4, 0.5) is 0 Å². The summed E-state index contributed by atoms with van der Waals surface area (Å²) in [4.78, 5) is 19.0. The number of carbonyl (C=O) groups excluding carboxylic acids is 1. The standard InChI is InChI=1S/C17H23N3OS/c1-3-20-15-7-5-4-6-14(15)18-17(20)22-12-16(21)19-10-8-13(2)9-11-19/h4-7,13H,3,8-12H2,1-2H3. The monoisotopic (exact) mass is 317 g/mol. The Hall–Kier alpha value is -1.49. The minimum atomic E-state index is 0.242. The van der Waals surface area contributed by atoms with E-state index in [4.69, 9.17) is 0 Å². The van der Waals surface area contributed by atoms with E-state index in [1.165, 1.54) is 0 Å². The number of likely N-dealkylation sites (tertiary alicyclic amines) is 1. The molecule has 1 aromatic carbocycles. The quantitative estimate of drug-likeness (QED) is 0.811. The van der Waals surface area contributed by atoms with E-state index >= 15 is 0 Å². The van der Waals surface area contributed by atoms with E-state index in [1.807, 2.05) is 23.1 Å². The van der Waals surface area contributed by atoms with Crippen molar-refractivity contribution in [1.29, 1.82) is 0 Å². The second-order valence-electron chi connectivity index (χ2n) is 5.98. The van der Waals surface area contributed by atoms with Crippen molar-refractivity contribution in [2.75, 3.05) is 18.8 Å². The second kappa shape index (κ2) is 6.73. The molecule has 0 saturated carbocycles. The Bertz CT molecular complexity index is 659. The average Bonchev–Trinajstić information content (AvgIpc) is 2.90. The third-order valence-electron chi connectivity index (χ3n) is 4.40. The van der Waals surface area contributed by atoms with Gasteiger partial charge in [-0.15, -0.1) is 0 Å². The van der Waals surface area contributed by atoms with Gasteiger partial charge in [-0.2, -0.15) is 0 Å². The van der Waals surface area contributed by atoms with Crippen LogP contribution in [0.15, 0.2) is 29.4 Å². The smallest absolute Gasteiger partial charge is 0.233 e. The van der Waals surface area contributed by atoms with Gasteiger partial charge in [0, 0.05) is 19.6 Å². The number of aryl methyl sites for hydroxylation is 1. The molecule has 0 radical (unpaired) electrons. The van der Waals surface area contributed by atoms with E-state index in [2.05, 4.69) is 29.5 Å². The number of rotatable bonds is 4. The molecule has 3 rings (SSSR count). The van der Waals surface area contributed by atoms with Gasteiger partial charge in [-0.05, 0) is 37.8 Å². The van der Waals surface area contributed by atoms with E-state index in [1.54, 1.807) is 11.8 Å². The van der Waals surface area contributed by atoms with Gasteiger partial charge in [-0.1, -0.05) is 30.8 Å². The van der Waals surface area contributed by atoms with Gasteiger partial charge in [0.05, 0.1) is 16.8 Å². The summed E-state index contributed by atoms with van der Waals surface area (Å²) < 4.78 is 2.19. The summed E-state index contributed by atoms with van der Waals surface area (Å²) in [7, 11) is 0. The summed E-state index contributed by atoms with van der Waals surface area (Å²) in [6.45, 7) is 7.07. The molecule has 1 fully saturated rings. The molecule has 1 saturated heterocycles. The van der Waals surface area contributed by atoms with Crippen LogP contribution in [0.1, 0.15) is 26.7 Å². The average molecular weight is 317 g/mol. The Balaban J connectivity index is 1.67. The van der Waals surface area contributed by atoms with Gasteiger partial charge in [0.15, 0.2) is 5.16 Å². The molecule has 4 nitrogen and oxygen atoms in total. The minimum Gasteiger partial charge on any atom is -0.342 e. The predicted molar refractivity (Wildman–Crippen MR) is 91.1 cm³/mol. The first-order valence-electron chi connectivity index (χ1n) is 8.05. The highest BCUT2D eigenvalue weighted by Crippen LogP contribution is 2.25. The van der Waals surface area contributed by atoms with Crippen LogP contribution in [0.25, 0.3) is 11.0 Å². The highest BCUT2D eigenvalue weighted by Gasteiger charge is 2.21. The topological polar surface area (TPSA) is 38.1 Å². The SMILES string of the molecule is CCn1c(SCC(=O)N2CCC(C)CC2)nc2ccccc21. The van der Waals surface area contributed by atoms with Crippen LogP contribution in [-0.2, 0) is 11.3 Å². The molecular formula is C17H23N3OS. The van der Waals surface area contributed by atoms with Crippen molar-refractivity contribution >= 4 is 28.7 Å². The van der Waals surface area contributed by atoms with Gasteiger partial charge in [-0.25, -0.2) is 4.98 Å². The summed E-state index contributed by atoms with van der Waals surface area (Å²) in [6, 6.07) is 8.15. The van der Waals surface area contributed by atoms with Crippen LogP contribution >= 0.6 is 11.8 Å². The zero-order valence-electron chi connectivity index (χ0n) is 13.3. The maximum atomic E-state index is 12.4. The van der Waals surface area contributed by atoms with Crippen molar-refractivity contribution in [2.24, 2.45) is 5.92 Å². The molecule has 0 aliphatic carbocycles. The highest BCUT2D eigenvalue weighted by atomic mass is 32.2. The molecule has 118 valence electrons. The molecule has 1 amide bonds. The van der Waals surface area contributed by atoms with Gasteiger partial charge < -0.3 is 9.47 Å². The van der Waals surface area contributed by atoms with Crippen LogP contribution in [0.5, 0.6) is 0 Å². The van der Waals surface area contributed by atoms with E-state index in [-0.39, 0.29) is 5.91 Å². The summed E-state index contributed by atoms with van der Waals surface area (Å²) >= 11 is 1.56. The highest BCUT2D eigenvalue weighted by molar-refractivity contribution is 7.99. The molecule has 0 spiro atoms. The number of amides is 1. The first kappa shape index (κ1) is 15.4. The Morgan fingerprint density at radius 1 is 1.32 bits per heavy atom. The maximum absolute atomic E-state index is 12.4. The number of thioether (sulfide) groups is 1. The molecular weight excluding hydrogens is 294 g/mol. The van der Waals surface area contributed by atoms with Crippen molar-refractivity contribution in [3.05, 3.63) is 24.3 Å². The number of hydrogen-bond donors (Lipinski definition) is 0. The second-order valence-corrected chi connectivity index (χ2v) is 6.92. The number of piperidine rings is 1. The summed E-state index contributed by atoms with van der Waals surface area (Å²) in [6.07, 6.45) is 2.26. The van der Waals surface area contributed by atoms with Gasteiger partial charge in [-0.3, -0.25) is 4.79 Å². The summed E-state index contributed by atoms with van der Waals surface area (Å²) in [5.41, 5.74) is 2.15. The van der Waals surface area contributed by atoms with E-state index in [0.717, 1.165) is 54.6 Å². The van der Waals surface area contributed by atoms with Crippen LogP contribution < -0.4 is 0 Å². The number of imidazole rings is 1. The molecule has 1 aromatic heterocycles. The van der Waals surface area contributed by atoms with Gasteiger partial charge >= 0.3 is 0 Å². The predicted octanol–water partition coefficient (Wildman–Crippen LogP) is 3.41. The molecule has 0 bridgehead atoms. The lowest BCUT2D eigenvalue weighted by molar-refractivity contribution is -0.129. The molecule has 2 heterocycles. The van der Waals surface area contributed by atoms with Gasteiger partial charge in [0.1, 0.15) is 0 Å². The van der Waals surface area contributed by atoms with Crippen LogP contribution in [-0.4, -0.2) is 39.2 Å². The van der Waals surface area contributed by atoms with Crippen molar-refractivity contribution in [3.63, 3.8) is 0 Å². The molecule has 1 aliphatic heterocycles. The Labute approximate surface area is 135 Å². The van der Waals surface area contributed by atoms with Crippen molar-refractivity contribution < 1.29 is 4.79 Å². The van der Waals surface area contributed by atoms with Gasteiger partial charge in [0.25, 0.3) is 0 Å². The minimum absolute atomic E-state index is 0.242. The lowest BCUT2D eigenvalue weighted by Crippen LogP contribution is -2.38. The number of fused-ring (bicyclic) bond motifs is 1. The number of para-hydroxylation sites is 2. The van der Waals surface area contributed by atoms with Crippen LogP contribution in [0.2, 0.25) is 0 Å². The normalized spacial score (nSPS) is 16.4. The zero-order valence-corrected chi connectivity index (χ0v) is 14.1. The zero-order chi connectivity index (χ0) is 15.5. The molecule has 0 unspecified atom stereocenters. The first-order chi connectivity index (χ1) is 10.7. The van der Waals surface area contributed by atoms with Crippen molar-refractivity contribution in [1.82, 2.24) is 14.5 Å². The fourth-order valence-corrected chi connectivity index (χ4v) is 3.93. The number of nitrogens with zero attached hydrogens (tertiary/aromatic N) is 3. The number of benzene rings is 1.